The number of benzene rings is 1. The highest BCUT2D eigenvalue weighted by Crippen LogP contribution is 2.36. The van der Waals surface area contributed by atoms with Crippen molar-refractivity contribution in [1.82, 2.24) is 5.32 Å². The molecule has 4 nitrogen and oxygen atoms in total. The van der Waals surface area contributed by atoms with Gasteiger partial charge in [0.2, 0.25) is 0 Å². The number of allylic oxidation sites excluding steroid dienone is 1. The Morgan fingerprint density at radius 3 is 2.48 bits per heavy atom. The quantitative estimate of drug-likeness (QED) is 0.644. The summed E-state index contributed by atoms with van der Waals surface area (Å²) in [5, 5.41) is 5.88. The lowest BCUT2D eigenvalue weighted by atomic mass is 10.00. The van der Waals surface area contributed by atoms with Gasteiger partial charge in [0.1, 0.15) is 0 Å². The minimum atomic E-state index is -0.347. The number of nitrogens with one attached hydrogen (secondary N) is 1. The van der Waals surface area contributed by atoms with Crippen molar-refractivity contribution in [3.63, 3.8) is 0 Å². The topological polar surface area (TPSA) is 41.6 Å². The highest BCUT2D eigenvalue weighted by molar-refractivity contribution is 7.80. The molecule has 1 atom stereocenters. The Morgan fingerprint density at radius 1 is 1.24 bits per heavy atom. The van der Waals surface area contributed by atoms with Crippen LogP contribution in [0.4, 0.5) is 5.69 Å². The van der Waals surface area contributed by atoms with Crippen molar-refractivity contribution in [2.75, 3.05) is 12.0 Å². The van der Waals surface area contributed by atoms with E-state index in [1.807, 2.05) is 43.2 Å². The number of methoxy groups -OCH3 is 1. The first-order chi connectivity index (χ1) is 11.9. The molecular weight excluding hydrogens is 352 g/mol. The third-order valence-electron chi connectivity index (χ3n) is 4.18. The van der Waals surface area contributed by atoms with Crippen molar-refractivity contribution in [3.05, 3.63) is 63.0 Å². The van der Waals surface area contributed by atoms with E-state index in [0.717, 1.165) is 27.4 Å². The maximum Gasteiger partial charge on any atom is 0.338 e. The van der Waals surface area contributed by atoms with Crippen LogP contribution in [0.5, 0.6) is 0 Å². The number of hydrogen-bond acceptors (Lipinski definition) is 4. The first-order valence-electron chi connectivity index (χ1n) is 7.93. The minimum Gasteiger partial charge on any atom is -0.466 e. The number of nitrogens with zero attached hydrogens (tertiary/aromatic N) is 1. The molecule has 1 aromatic carbocycles. The van der Waals surface area contributed by atoms with Crippen molar-refractivity contribution >= 4 is 40.3 Å². The SMILES string of the molecule is COC(=O)C1=C(C)N(c2cc(C)cc(C)c2)C(=S)N[C@H]1c1cccs1. The molecular formula is C19H20N2O2S2. The standard InChI is InChI=1S/C19H20N2O2S2/c1-11-8-12(2)10-14(9-11)21-13(3)16(18(22)23-4)17(20-19(21)24)15-6-5-7-25-15/h5-10,17H,1-4H3,(H,20,24)/t17-/m0/s1. The van der Waals surface area contributed by atoms with E-state index in [2.05, 4.69) is 23.5 Å². The predicted octanol–water partition coefficient (Wildman–Crippen LogP) is 4.25. The van der Waals surface area contributed by atoms with E-state index in [0.29, 0.717) is 10.7 Å². The largest absolute Gasteiger partial charge is 0.466 e. The second-order valence-electron chi connectivity index (χ2n) is 6.07. The van der Waals surface area contributed by atoms with Crippen LogP contribution >= 0.6 is 23.6 Å². The lowest BCUT2D eigenvalue weighted by molar-refractivity contribution is -0.136. The smallest absolute Gasteiger partial charge is 0.338 e. The van der Waals surface area contributed by atoms with Crippen molar-refractivity contribution in [1.29, 1.82) is 0 Å². The normalized spacial score (nSPS) is 17.5. The Labute approximate surface area is 157 Å². The first kappa shape index (κ1) is 17.6. The maximum atomic E-state index is 12.5. The number of esters is 1. The van der Waals surface area contributed by atoms with E-state index in [1.165, 1.54) is 7.11 Å². The van der Waals surface area contributed by atoms with Crippen LogP contribution in [-0.2, 0) is 9.53 Å². The van der Waals surface area contributed by atoms with Crippen molar-refractivity contribution in [2.45, 2.75) is 26.8 Å². The molecule has 0 radical (unpaired) electrons. The molecule has 0 fully saturated rings. The Bertz CT molecular complexity index is 836. The first-order valence-corrected chi connectivity index (χ1v) is 9.22. The van der Waals surface area contributed by atoms with Crippen molar-refractivity contribution in [2.24, 2.45) is 0 Å². The number of thiophene rings is 1. The fourth-order valence-electron chi connectivity index (χ4n) is 3.18. The molecule has 2 aromatic rings. The van der Waals surface area contributed by atoms with Crippen LogP contribution in [0, 0.1) is 13.8 Å². The van der Waals surface area contributed by atoms with E-state index in [4.69, 9.17) is 17.0 Å². The number of aryl methyl sites for hydroxylation is 2. The van der Waals surface area contributed by atoms with Crippen LogP contribution in [0.25, 0.3) is 0 Å². The highest BCUT2D eigenvalue weighted by atomic mass is 32.1. The van der Waals surface area contributed by atoms with Gasteiger partial charge in [-0.2, -0.15) is 0 Å². The van der Waals surface area contributed by atoms with Crippen molar-refractivity contribution in [3.8, 4) is 0 Å². The minimum absolute atomic E-state index is 0.290. The molecule has 2 heterocycles. The number of ether oxygens (including phenoxy) is 1. The molecule has 6 heteroatoms. The van der Waals surface area contributed by atoms with Crippen LogP contribution < -0.4 is 10.2 Å². The summed E-state index contributed by atoms with van der Waals surface area (Å²) in [6.07, 6.45) is 0. The Balaban J connectivity index is 2.16. The number of anilines is 1. The molecule has 130 valence electrons. The van der Waals surface area contributed by atoms with Gasteiger partial charge in [-0.3, -0.25) is 4.90 Å². The summed E-state index contributed by atoms with van der Waals surface area (Å²) in [6, 6.07) is 9.90. The molecule has 0 saturated carbocycles. The number of carbonyl (C=O) groups excluding carboxylic acids is 1. The number of hydrogen-bond donors (Lipinski definition) is 1. The van der Waals surface area contributed by atoms with Crippen LogP contribution in [0.3, 0.4) is 0 Å². The van der Waals surface area contributed by atoms with Gasteiger partial charge in [-0.25, -0.2) is 4.79 Å². The number of rotatable bonds is 3. The monoisotopic (exact) mass is 372 g/mol. The number of thiocarbonyl (C=S) groups is 1. The molecule has 1 aliphatic rings. The third-order valence-corrected chi connectivity index (χ3v) is 5.42. The zero-order chi connectivity index (χ0) is 18.1. The van der Waals surface area contributed by atoms with Gasteiger partial charge in [0.15, 0.2) is 5.11 Å². The van der Waals surface area contributed by atoms with Gasteiger partial charge in [0.05, 0.1) is 18.7 Å². The summed E-state index contributed by atoms with van der Waals surface area (Å²) >= 11 is 7.22. The van der Waals surface area contributed by atoms with Crippen LogP contribution in [0.1, 0.15) is 29.0 Å². The fraction of sp³-hybridized carbons (Fsp3) is 0.263. The van der Waals surface area contributed by atoms with E-state index in [9.17, 15) is 4.79 Å². The third kappa shape index (κ3) is 3.32. The molecule has 3 rings (SSSR count). The Morgan fingerprint density at radius 2 is 1.92 bits per heavy atom. The molecule has 0 unspecified atom stereocenters. The second-order valence-corrected chi connectivity index (χ2v) is 7.44. The van der Waals surface area contributed by atoms with Gasteiger partial charge in [-0.05, 0) is 67.7 Å². The molecule has 0 saturated heterocycles. The summed E-state index contributed by atoms with van der Waals surface area (Å²) in [7, 11) is 1.40. The molecule has 1 N–H and O–H groups in total. The summed E-state index contributed by atoms with van der Waals surface area (Å²) in [5.41, 5.74) is 4.60. The molecule has 0 amide bonds. The average Bonchev–Trinajstić information content (AvgIpc) is 3.07. The second kappa shape index (κ2) is 6.98. The van der Waals surface area contributed by atoms with E-state index in [1.54, 1.807) is 11.3 Å². The molecule has 0 spiro atoms. The van der Waals surface area contributed by atoms with Crippen molar-refractivity contribution < 1.29 is 9.53 Å². The van der Waals surface area contributed by atoms with Gasteiger partial charge in [-0.1, -0.05) is 12.1 Å². The van der Waals surface area contributed by atoms with Crippen LogP contribution in [0.2, 0.25) is 0 Å². The van der Waals surface area contributed by atoms with Gasteiger partial charge in [0.25, 0.3) is 0 Å². The molecule has 0 aliphatic carbocycles. The lowest BCUT2D eigenvalue weighted by Gasteiger charge is -2.37. The van der Waals surface area contributed by atoms with E-state index >= 15 is 0 Å². The van der Waals surface area contributed by atoms with Gasteiger partial charge in [-0.15, -0.1) is 11.3 Å². The number of carbonyl (C=O) groups is 1. The van der Waals surface area contributed by atoms with E-state index in [-0.39, 0.29) is 12.0 Å². The zero-order valence-corrected chi connectivity index (χ0v) is 16.3. The summed E-state index contributed by atoms with van der Waals surface area (Å²) in [5.74, 6) is -0.347. The van der Waals surface area contributed by atoms with Gasteiger partial charge < -0.3 is 10.1 Å². The highest BCUT2D eigenvalue weighted by Gasteiger charge is 2.35. The Kier molecular flexibility index (Phi) is 4.92. The fourth-order valence-corrected chi connectivity index (χ4v) is 4.32. The zero-order valence-electron chi connectivity index (χ0n) is 14.6. The predicted molar refractivity (Wildman–Crippen MR) is 106 cm³/mol. The Hall–Kier alpha value is -2.18. The van der Waals surface area contributed by atoms with E-state index < -0.39 is 0 Å². The lowest BCUT2D eigenvalue weighted by Crippen LogP contribution is -2.47. The molecule has 1 aliphatic heterocycles. The molecule has 25 heavy (non-hydrogen) atoms. The average molecular weight is 373 g/mol. The van der Waals surface area contributed by atoms with Gasteiger partial charge in [0, 0.05) is 16.3 Å². The van der Waals surface area contributed by atoms with Gasteiger partial charge >= 0.3 is 5.97 Å². The molecule has 1 aromatic heterocycles. The summed E-state index contributed by atoms with van der Waals surface area (Å²) in [6.45, 7) is 6.01. The van der Waals surface area contributed by atoms with Crippen LogP contribution in [-0.4, -0.2) is 18.2 Å². The molecule has 0 bridgehead atoms. The summed E-state index contributed by atoms with van der Waals surface area (Å²) < 4.78 is 5.05. The summed E-state index contributed by atoms with van der Waals surface area (Å²) in [4.78, 5) is 15.5. The maximum absolute atomic E-state index is 12.5. The van der Waals surface area contributed by atoms with Crippen LogP contribution in [0.15, 0.2) is 47.0 Å².